The first-order valence-corrected chi connectivity index (χ1v) is 6.44. The quantitative estimate of drug-likeness (QED) is 0.687. The lowest BCUT2D eigenvalue weighted by Gasteiger charge is -2.18. The Hall–Kier alpha value is -2.36. The van der Waals surface area contributed by atoms with Crippen molar-refractivity contribution in [3.05, 3.63) is 59.5 Å². The summed E-state index contributed by atoms with van der Waals surface area (Å²) < 4.78 is 4.97. The molecule has 0 aliphatic rings. The van der Waals surface area contributed by atoms with Crippen LogP contribution >= 0.6 is 0 Å². The van der Waals surface area contributed by atoms with Crippen LogP contribution in [0.15, 0.2) is 52.2 Å². The number of hydrazone groups is 1. The van der Waals surface area contributed by atoms with Gasteiger partial charge in [-0.15, -0.1) is 0 Å². The molecule has 0 aliphatic heterocycles. The van der Waals surface area contributed by atoms with E-state index in [1.54, 1.807) is 18.3 Å². The smallest absolute Gasteiger partial charge is 0.307 e. The third-order valence-electron chi connectivity index (χ3n) is 2.90. The van der Waals surface area contributed by atoms with Gasteiger partial charge in [0.1, 0.15) is 0 Å². The largest absolute Gasteiger partial charge is 0.459 e. The van der Waals surface area contributed by atoms with Crippen molar-refractivity contribution in [1.82, 2.24) is 5.43 Å². The van der Waals surface area contributed by atoms with E-state index in [4.69, 9.17) is 4.42 Å². The number of amides is 1. The summed E-state index contributed by atoms with van der Waals surface area (Å²) in [6, 6.07) is 11.3. The Labute approximate surface area is 118 Å². The van der Waals surface area contributed by atoms with Crippen LogP contribution in [0.25, 0.3) is 0 Å². The molecule has 1 amide bonds. The maximum atomic E-state index is 11.6. The van der Waals surface area contributed by atoms with Crippen LogP contribution in [0.1, 0.15) is 42.5 Å². The van der Waals surface area contributed by atoms with Gasteiger partial charge in [-0.25, -0.2) is 5.43 Å². The summed E-state index contributed by atoms with van der Waals surface area (Å²) in [6.07, 6.45) is 3.05. The highest BCUT2D eigenvalue weighted by Crippen LogP contribution is 2.21. The molecular weight excluding hydrogens is 252 g/mol. The number of hydrogen-bond acceptors (Lipinski definition) is 3. The van der Waals surface area contributed by atoms with E-state index in [1.807, 2.05) is 12.1 Å². The zero-order valence-electron chi connectivity index (χ0n) is 11.9. The van der Waals surface area contributed by atoms with Crippen LogP contribution in [0, 0.1) is 0 Å². The summed E-state index contributed by atoms with van der Waals surface area (Å²) in [5.74, 6) is -0.122. The molecule has 104 valence electrons. The molecule has 20 heavy (non-hydrogen) atoms. The van der Waals surface area contributed by atoms with E-state index in [0.717, 1.165) is 5.56 Å². The van der Waals surface area contributed by atoms with Gasteiger partial charge < -0.3 is 4.42 Å². The normalized spacial score (nSPS) is 11.8. The molecule has 1 aromatic heterocycles. The van der Waals surface area contributed by atoms with Gasteiger partial charge in [-0.05, 0) is 28.7 Å². The summed E-state index contributed by atoms with van der Waals surface area (Å²) in [5, 5.41) is 3.90. The van der Waals surface area contributed by atoms with Gasteiger partial charge in [0, 0.05) is 0 Å². The third kappa shape index (κ3) is 3.57. The lowest BCUT2D eigenvalue weighted by molar-refractivity contribution is 0.0927. The predicted octanol–water partition coefficient (Wildman–Crippen LogP) is 3.34. The van der Waals surface area contributed by atoms with Crippen molar-refractivity contribution in [2.45, 2.75) is 26.2 Å². The highest BCUT2D eigenvalue weighted by atomic mass is 16.3. The average molecular weight is 270 g/mol. The number of nitrogens with one attached hydrogen (secondary N) is 1. The molecule has 0 saturated heterocycles. The zero-order valence-corrected chi connectivity index (χ0v) is 11.9. The minimum Gasteiger partial charge on any atom is -0.459 e. The van der Waals surface area contributed by atoms with Gasteiger partial charge in [0.05, 0.1) is 12.5 Å². The van der Waals surface area contributed by atoms with Crippen molar-refractivity contribution in [3.63, 3.8) is 0 Å². The molecule has 0 saturated carbocycles. The van der Waals surface area contributed by atoms with Crippen LogP contribution in [-0.4, -0.2) is 12.1 Å². The van der Waals surface area contributed by atoms with E-state index in [9.17, 15) is 4.79 Å². The van der Waals surface area contributed by atoms with E-state index in [1.165, 1.54) is 11.8 Å². The van der Waals surface area contributed by atoms with Crippen molar-refractivity contribution >= 4 is 12.1 Å². The van der Waals surface area contributed by atoms with E-state index >= 15 is 0 Å². The number of rotatable bonds is 3. The highest BCUT2D eigenvalue weighted by molar-refractivity contribution is 5.92. The van der Waals surface area contributed by atoms with Gasteiger partial charge in [0.15, 0.2) is 5.76 Å². The number of carbonyl (C=O) groups excluding carboxylic acids is 1. The number of carbonyl (C=O) groups is 1. The minimum atomic E-state index is -0.363. The van der Waals surface area contributed by atoms with Gasteiger partial charge >= 0.3 is 5.91 Å². The van der Waals surface area contributed by atoms with Crippen LogP contribution in [0.4, 0.5) is 0 Å². The molecule has 2 aromatic rings. The molecule has 1 aromatic carbocycles. The summed E-state index contributed by atoms with van der Waals surface area (Å²) >= 11 is 0. The Morgan fingerprint density at radius 3 is 2.45 bits per heavy atom. The maximum absolute atomic E-state index is 11.6. The molecule has 0 atom stereocenters. The van der Waals surface area contributed by atoms with Crippen LogP contribution in [-0.2, 0) is 5.41 Å². The maximum Gasteiger partial charge on any atom is 0.307 e. The fourth-order valence-corrected chi connectivity index (χ4v) is 1.70. The standard InChI is InChI=1S/C16H18N2O2/c1-16(2,3)13-8-6-12(7-9-13)11-17-18-15(19)14-5-4-10-20-14/h4-11H,1-3H3,(H,18,19). The fourth-order valence-electron chi connectivity index (χ4n) is 1.70. The van der Waals surface area contributed by atoms with Crippen molar-refractivity contribution < 1.29 is 9.21 Å². The predicted molar refractivity (Wildman–Crippen MR) is 78.9 cm³/mol. The van der Waals surface area contributed by atoms with Gasteiger partial charge in [0.2, 0.25) is 0 Å². The summed E-state index contributed by atoms with van der Waals surface area (Å²) in [5.41, 5.74) is 4.73. The fraction of sp³-hybridized carbons (Fsp3) is 0.250. The third-order valence-corrected chi connectivity index (χ3v) is 2.90. The van der Waals surface area contributed by atoms with E-state index in [-0.39, 0.29) is 17.1 Å². The van der Waals surface area contributed by atoms with E-state index in [0.29, 0.717) is 0 Å². The second kappa shape index (κ2) is 5.74. The Bertz CT molecular complexity index is 590. The molecule has 0 unspecified atom stereocenters. The van der Waals surface area contributed by atoms with E-state index < -0.39 is 0 Å². The molecule has 0 bridgehead atoms. The second-order valence-electron chi connectivity index (χ2n) is 5.55. The Kier molecular flexibility index (Phi) is 4.03. The second-order valence-corrected chi connectivity index (χ2v) is 5.55. The van der Waals surface area contributed by atoms with Crippen molar-refractivity contribution in [3.8, 4) is 0 Å². The molecule has 0 aliphatic carbocycles. The van der Waals surface area contributed by atoms with Crippen LogP contribution < -0.4 is 5.43 Å². The molecule has 1 N–H and O–H groups in total. The molecular formula is C16H18N2O2. The van der Waals surface area contributed by atoms with E-state index in [2.05, 4.69) is 43.4 Å². The first-order valence-electron chi connectivity index (χ1n) is 6.44. The molecule has 0 spiro atoms. The summed E-state index contributed by atoms with van der Waals surface area (Å²) in [4.78, 5) is 11.6. The minimum absolute atomic E-state index is 0.128. The molecule has 0 radical (unpaired) electrons. The Balaban J connectivity index is 1.97. The molecule has 2 rings (SSSR count). The Morgan fingerprint density at radius 1 is 1.20 bits per heavy atom. The van der Waals surface area contributed by atoms with Crippen LogP contribution in [0.3, 0.4) is 0 Å². The first-order chi connectivity index (χ1) is 9.47. The summed E-state index contributed by atoms with van der Waals surface area (Å²) in [6.45, 7) is 6.50. The lowest BCUT2D eigenvalue weighted by Crippen LogP contribution is -2.16. The van der Waals surface area contributed by atoms with Crippen LogP contribution in [0.5, 0.6) is 0 Å². The lowest BCUT2D eigenvalue weighted by atomic mass is 9.87. The van der Waals surface area contributed by atoms with Crippen molar-refractivity contribution in [2.24, 2.45) is 5.10 Å². The number of benzene rings is 1. The van der Waals surface area contributed by atoms with Gasteiger partial charge in [-0.1, -0.05) is 45.0 Å². The SMILES string of the molecule is CC(C)(C)c1ccc(C=NNC(=O)c2ccco2)cc1. The van der Waals surface area contributed by atoms with Gasteiger partial charge in [-0.3, -0.25) is 4.79 Å². The van der Waals surface area contributed by atoms with Gasteiger partial charge in [0.25, 0.3) is 0 Å². The van der Waals surface area contributed by atoms with Gasteiger partial charge in [-0.2, -0.15) is 5.10 Å². The first kappa shape index (κ1) is 14.1. The molecule has 4 heteroatoms. The number of hydrogen-bond donors (Lipinski definition) is 1. The average Bonchev–Trinajstić information content (AvgIpc) is 2.92. The van der Waals surface area contributed by atoms with Crippen molar-refractivity contribution in [1.29, 1.82) is 0 Å². The number of furan rings is 1. The zero-order chi connectivity index (χ0) is 14.6. The molecule has 0 fully saturated rings. The summed E-state index contributed by atoms with van der Waals surface area (Å²) in [7, 11) is 0. The Morgan fingerprint density at radius 2 is 1.90 bits per heavy atom. The molecule has 1 heterocycles. The topological polar surface area (TPSA) is 54.6 Å². The highest BCUT2D eigenvalue weighted by Gasteiger charge is 2.12. The monoisotopic (exact) mass is 270 g/mol. The number of nitrogens with zero attached hydrogens (tertiary/aromatic N) is 1. The molecule has 4 nitrogen and oxygen atoms in total. The van der Waals surface area contributed by atoms with Crippen molar-refractivity contribution in [2.75, 3.05) is 0 Å². The van der Waals surface area contributed by atoms with Crippen LogP contribution in [0.2, 0.25) is 0 Å².